The maximum Gasteiger partial charge on any atom is 0.362 e. The Kier molecular flexibility index (Phi) is 9.82. The van der Waals surface area contributed by atoms with E-state index in [0.717, 1.165) is 17.2 Å². The SMILES string of the molecule is CCOP(=O)(OCC)c1ccc(C)c(C[Si](C)(C)C)c1P(=O)(OCC)OCC. The Balaban J connectivity index is 3.94. The third-order valence-electron chi connectivity index (χ3n) is 3.97. The highest BCUT2D eigenvalue weighted by Gasteiger charge is 2.41. The van der Waals surface area contributed by atoms with E-state index in [4.69, 9.17) is 18.1 Å². The molecular formula is C19H36O6P2Si. The molecule has 0 unspecified atom stereocenters. The molecule has 0 saturated heterocycles. The van der Waals surface area contributed by atoms with Crippen molar-refractivity contribution in [2.24, 2.45) is 0 Å². The lowest BCUT2D eigenvalue weighted by Gasteiger charge is -2.29. The molecule has 0 aromatic heterocycles. The van der Waals surface area contributed by atoms with Crippen LogP contribution < -0.4 is 10.6 Å². The lowest BCUT2D eigenvalue weighted by atomic mass is 10.1. The molecule has 28 heavy (non-hydrogen) atoms. The summed E-state index contributed by atoms with van der Waals surface area (Å²) in [4.78, 5) is 0. The fraction of sp³-hybridized carbons (Fsp3) is 0.684. The molecule has 0 saturated carbocycles. The molecule has 6 nitrogen and oxygen atoms in total. The zero-order valence-electron chi connectivity index (χ0n) is 18.5. The summed E-state index contributed by atoms with van der Waals surface area (Å²) >= 11 is 0. The molecule has 1 aromatic rings. The summed E-state index contributed by atoms with van der Waals surface area (Å²) in [6, 6.07) is 4.33. The number of aryl methyl sites for hydroxylation is 1. The molecule has 0 N–H and O–H groups in total. The van der Waals surface area contributed by atoms with Crippen LogP contribution in [0.2, 0.25) is 19.6 Å². The average molecular weight is 451 g/mol. The first-order chi connectivity index (χ1) is 13.0. The molecule has 1 aromatic carbocycles. The Bertz CT molecular complexity index is 725. The fourth-order valence-corrected chi connectivity index (χ4v) is 9.07. The fourth-order valence-electron chi connectivity index (χ4n) is 3.03. The Morgan fingerprint density at radius 1 is 0.786 bits per heavy atom. The van der Waals surface area contributed by atoms with E-state index in [1.54, 1.807) is 33.8 Å². The van der Waals surface area contributed by atoms with E-state index in [2.05, 4.69) is 19.6 Å². The van der Waals surface area contributed by atoms with E-state index in [-0.39, 0.29) is 26.4 Å². The van der Waals surface area contributed by atoms with E-state index in [9.17, 15) is 9.13 Å². The zero-order valence-corrected chi connectivity index (χ0v) is 21.3. The second kappa shape index (κ2) is 10.7. The van der Waals surface area contributed by atoms with E-state index in [1.165, 1.54) is 0 Å². The minimum atomic E-state index is -3.71. The second-order valence-corrected chi connectivity index (χ2v) is 17.1. The first kappa shape index (κ1) is 25.8. The first-order valence-corrected chi connectivity index (χ1v) is 16.7. The van der Waals surface area contributed by atoms with Crippen LogP contribution in [0.15, 0.2) is 12.1 Å². The van der Waals surface area contributed by atoms with Gasteiger partial charge in [0.2, 0.25) is 0 Å². The molecule has 162 valence electrons. The van der Waals surface area contributed by atoms with Gasteiger partial charge in [0, 0.05) is 8.07 Å². The van der Waals surface area contributed by atoms with E-state index in [0.29, 0.717) is 10.6 Å². The third kappa shape index (κ3) is 6.37. The molecule has 0 aliphatic carbocycles. The highest BCUT2D eigenvalue weighted by Crippen LogP contribution is 2.54. The van der Waals surface area contributed by atoms with Crippen LogP contribution in [-0.4, -0.2) is 34.5 Å². The van der Waals surface area contributed by atoms with Crippen LogP contribution in [-0.2, 0) is 33.3 Å². The largest absolute Gasteiger partial charge is 0.362 e. The first-order valence-electron chi connectivity index (χ1n) is 9.89. The lowest BCUT2D eigenvalue weighted by molar-refractivity contribution is 0.226. The van der Waals surface area contributed by atoms with Crippen LogP contribution in [0.25, 0.3) is 0 Å². The van der Waals surface area contributed by atoms with E-state index < -0.39 is 23.3 Å². The predicted molar refractivity (Wildman–Crippen MR) is 119 cm³/mol. The summed E-state index contributed by atoms with van der Waals surface area (Å²) in [5.41, 5.74) is 1.85. The molecule has 0 aliphatic heterocycles. The summed E-state index contributed by atoms with van der Waals surface area (Å²) in [7, 11) is -9.00. The van der Waals surface area contributed by atoms with Crippen molar-refractivity contribution in [3.8, 4) is 0 Å². The molecule has 0 atom stereocenters. The summed E-state index contributed by atoms with van der Waals surface area (Å²) in [5.74, 6) is 0. The van der Waals surface area contributed by atoms with E-state index >= 15 is 0 Å². The normalized spacial score (nSPS) is 13.1. The van der Waals surface area contributed by atoms with Gasteiger partial charge in [-0.15, -0.1) is 0 Å². The van der Waals surface area contributed by atoms with Crippen LogP contribution in [0.1, 0.15) is 38.8 Å². The molecule has 0 heterocycles. The van der Waals surface area contributed by atoms with Gasteiger partial charge >= 0.3 is 15.2 Å². The maximum absolute atomic E-state index is 13.9. The highest BCUT2D eigenvalue weighted by molar-refractivity contribution is 7.69. The van der Waals surface area contributed by atoms with Crippen molar-refractivity contribution in [2.75, 3.05) is 26.4 Å². The number of benzene rings is 1. The summed E-state index contributed by atoms with van der Waals surface area (Å²) in [5, 5.41) is 0.657. The van der Waals surface area contributed by atoms with Crippen LogP contribution in [0.5, 0.6) is 0 Å². The summed E-state index contributed by atoms with van der Waals surface area (Å²) in [6.45, 7) is 16.6. The number of hydrogen-bond donors (Lipinski definition) is 0. The Morgan fingerprint density at radius 3 is 1.61 bits per heavy atom. The van der Waals surface area contributed by atoms with Crippen LogP contribution >= 0.6 is 15.2 Å². The molecule has 0 amide bonds. The van der Waals surface area contributed by atoms with Gasteiger partial charge in [0.1, 0.15) is 0 Å². The second-order valence-electron chi connectivity index (χ2n) is 7.63. The molecule has 0 radical (unpaired) electrons. The minimum absolute atomic E-state index is 0.210. The van der Waals surface area contributed by atoms with Crippen LogP contribution in [0, 0.1) is 6.92 Å². The molecule has 0 bridgehead atoms. The highest BCUT2D eigenvalue weighted by atomic mass is 31.2. The minimum Gasteiger partial charge on any atom is -0.305 e. The van der Waals surface area contributed by atoms with Gasteiger partial charge in [0.15, 0.2) is 0 Å². The third-order valence-corrected chi connectivity index (χ3v) is 9.97. The van der Waals surface area contributed by atoms with Gasteiger partial charge in [0.25, 0.3) is 0 Å². The van der Waals surface area contributed by atoms with Crippen molar-refractivity contribution in [3.05, 3.63) is 23.3 Å². The summed E-state index contributed by atoms with van der Waals surface area (Å²) in [6.07, 6.45) is 0. The quantitative estimate of drug-likeness (QED) is 0.322. The van der Waals surface area contributed by atoms with Crippen molar-refractivity contribution < 1.29 is 27.2 Å². The smallest absolute Gasteiger partial charge is 0.305 e. The molecule has 0 fully saturated rings. The van der Waals surface area contributed by atoms with Gasteiger partial charge in [-0.25, -0.2) is 0 Å². The Labute approximate surface area is 171 Å². The van der Waals surface area contributed by atoms with Gasteiger partial charge in [-0.1, -0.05) is 25.7 Å². The van der Waals surface area contributed by atoms with Crippen molar-refractivity contribution >= 4 is 33.9 Å². The molecule has 0 spiro atoms. The topological polar surface area (TPSA) is 71.1 Å². The predicted octanol–water partition coefficient (Wildman–Crippen LogP) is 5.20. The Morgan fingerprint density at radius 2 is 1.21 bits per heavy atom. The molecular weight excluding hydrogens is 414 g/mol. The maximum atomic E-state index is 13.9. The monoisotopic (exact) mass is 450 g/mol. The standard InChI is InChI=1S/C19H36O6P2Si/c1-9-22-26(20,23-10-2)18-14-13-16(5)17(15-28(6,7)8)19(18)27(21,24-11-3)25-12-4/h13-14H,9-12,15H2,1-8H3. The zero-order chi connectivity index (χ0) is 21.6. The van der Waals surface area contributed by atoms with Crippen LogP contribution in [0.3, 0.4) is 0 Å². The van der Waals surface area contributed by atoms with Gasteiger partial charge in [0.05, 0.1) is 37.0 Å². The van der Waals surface area contributed by atoms with Crippen molar-refractivity contribution in [2.45, 2.75) is 60.3 Å². The number of hydrogen-bond acceptors (Lipinski definition) is 6. The summed E-state index contributed by atoms with van der Waals surface area (Å²) < 4.78 is 50.1. The molecule has 9 heteroatoms. The van der Waals surface area contributed by atoms with Crippen molar-refractivity contribution in [3.63, 3.8) is 0 Å². The van der Waals surface area contributed by atoms with Gasteiger partial charge in [-0.05, 0) is 57.9 Å². The van der Waals surface area contributed by atoms with Gasteiger partial charge in [-0.3, -0.25) is 9.13 Å². The molecule has 0 aliphatic rings. The van der Waals surface area contributed by atoms with E-state index in [1.807, 2.05) is 13.0 Å². The average Bonchev–Trinajstić information content (AvgIpc) is 2.56. The Hall–Kier alpha value is -0.263. The lowest BCUT2D eigenvalue weighted by Crippen LogP contribution is -2.36. The van der Waals surface area contributed by atoms with Crippen molar-refractivity contribution in [1.29, 1.82) is 0 Å². The van der Waals surface area contributed by atoms with Gasteiger partial charge < -0.3 is 18.1 Å². The number of rotatable bonds is 12. The van der Waals surface area contributed by atoms with Gasteiger partial charge in [-0.2, -0.15) is 0 Å². The van der Waals surface area contributed by atoms with Crippen molar-refractivity contribution in [1.82, 2.24) is 0 Å². The van der Waals surface area contributed by atoms with Crippen LogP contribution in [0.4, 0.5) is 0 Å². The molecule has 1 rings (SSSR count).